The Morgan fingerprint density at radius 1 is 1.12 bits per heavy atom. The maximum atomic E-state index is 11.9. The lowest BCUT2D eigenvalue weighted by Crippen LogP contribution is -2.50. The van der Waals surface area contributed by atoms with Gasteiger partial charge in [0.25, 0.3) is 0 Å². The van der Waals surface area contributed by atoms with E-state index in [-0.39, 0.29) is 18.1 Å². The smallest absolute Gasteiger partial charge is 0.219 e. The van der Waals surface area contributed by atoms with E-state index in [2.05, 4.69) is 22.0 Å². The Morgan fingerprint density at radius 2 is 1.80 bits per heavy atom. The Kier molecular flexibility index (Phi) is 5.22. The number of carbonyl (C=O) groups excluding carboxylic acids is 1. The number of nitrogens with zero attached hydrogens (tertiary/aromatic N) is 3. The standard InChI is InChI=1S/C20H25N3O2/c1-15(2)25-19-6-4-17(5-7-19)20-14-22(16(3)24)12-13-23(20)18-8-10-21-11-9-18/h4-11,15,20H,12-14H2,1-3H3. The average Bonchev–Trinajstić information content (AvgIpc) is 2.62. The van der Waals surface area contributed by atoms with Gasteiger partial charge in [0.1, 0.15) is 5.75 Å². The SMILES string of the molecule is CC(=O)N1CCN(c2ccncc2)C(c2ccc(OC(C)C)cc2)C1. The highest BCUT2D eigenvalue weighted by molar-refractivity contribution is 5.73. The second kappa shape index (κ2) is 7.55. The molecule has 1 aromatic carbocycles. The minimum absolute atomic E-state index is 0.119. The Hall–Kier alpha value is -2.56. The normalized spacial score (nSPS) is 17.7. The monoisotopic (exact) mass is 339 g/mol. The van der Waals surface area contributed by atoms with Crippen LogP contribution in [-0.2, 0) is 4.79 Å². The summed E-state index contributed by atoms with van der Waals surface area (Å²) in [5.74, 6) is 0.993. The molecule has 0 N–H and O–H groups in total. The van der Waals surface area contributed by atoms with Gasteiger partial charge in [0, 0.05) is 44.6 Å². The molecule has 1 saturated heterocycles. The molecule has 2 aromatic rings. The maximum absolute atomic E-state index is 11.9. The lowest BCUT2D eigenvalue weighted by Gasteiger charge is -2.42. The van der Waals surface area contributed by atoms with Crippen molar-refractivity contribution in [2.45, 2.75) is 32.9 Å². The third-order valence-electron chi connectivity index (χ3n) is 4.46. The second-order valence-corrected chi connectivity index (χ2v) is 6.62. The molecule has 5 nitrogen and oxygen atoms in total. The van der Waals surface area contributed by atoms with Gasteiger partial charge in [-0.25, -0.2) is 0 Å². The molecule has 5 heteroatoms. The van der Waals surface area contributed by atoms with Gasteiger partial charge in [-0.3, -0.25) is 9.78 Å². The van der Waals surface area contributed by atoms with Crippen LogP contribution in [0.5, 0.6) is 5.75 Å². The molecule has 1 amide bonds. The Morgan fingerprint density at radius 3 is 2.40 bits per heavy atom. The highest BCUT2D eigenvalue weighted by Gasteiger charge is 2.29. The van der Waals surface area contributed by atoms with Crippen LogP contribution >= 0.6 is 0 Å². The molecule has 25 heavy (non-hydrogen) atoms. The molecule has 0 saturated carbocycles. The number of piperazine rings is 1. The van der Waals surface area contributed by atoms with Crippen LogP contribution in [0, 0.1) is 0 Å². The van der Waals surface area contributed by atoms with E-state index in [0.717, 1.165) is 24.5 Å². The highest BCUT2D eigenvalue weighted by atomic mass is 16.5. The van der Waals surface area contributed by atoms with E-state index in [0.29, 0.717) is 6.54 Å². The van der Waals surface area contributed by atoms with Crippen LogP contribution < -0.4 is 9.64 Å². The lowest BCUT2D eigenvalue weighted by atomic mass is 10.0. The van der Waals surface area contributed by atoms with E-state index in [9.17, 15) is 4.79 Å². The molecule has 0 bridgehead atoms. The zero-order valence-corrected chi connectivity index (χ0v) is 15.1. The fraction of sp³-hybridized carbons (Fsp3) is 0.400. The Balaban J connectivity index is 1.88. The molecule has 0 aliphatic carbocycles. The first-order valence-corrected chi connectivity index (χ1v) is 8.73. The van der Waals surface area contributed by atoms with E-state index >= 15 is 0 Å². The van der Waals surface area contributed by atoms with Crippen molar-refractivity contribution in [2.24, 2.45) is 0 Å². The number of benzene rings is 1. The molecule has 1 fully saturated rings. The van der Waals surface area contributed by atoms with Gasteiger partial charge in [-0.15, -0.1) is 0 Å². The third-order valence-corrected chi connectivity index (χ3v) is 4.46. The molecular formula is C20H25N3O2. The molecule has 2 heterocycles. The first-order valence-electron chi connectivity index (χ1n) is 8.73. The summed E-state index contributed by atoms with van der Waals surface area (Å²) >= 11 is 0. The van der Waals surface area contributed by atoms with Crippen LogP contribution in [0.4, 0.5) is 5.69 Å². The van der Waals surface area contributed by atoms with Gasteiger partial charge < -0.3 is 14.5 Å². The lowest BCUT2D eigenvalue weighted by molar-refractivity contribution is -0.129. The number of rotatable bonds is 4. The molecule has 1 aliphatic rings. The van der Waals surface area contributed by atoms with E-state index < -0.39 is 0 Å². The predicted octanol–water partition coefficient (Wildman–Crippen LogP) is 3.28. The van der Waals surface area contributed by atoms with Crippen molar-refractivity contribution in [1.29, 1.82) is 0 Å². The fourth-order valence-corrected chi connectivity index (χ4v) is 3.24. The second-order valence-electron chi connectivity index (χ2n) is 6.62. The summed E-state index contributed by atoms with van der Waals surface area (Å²) in [5, 5.41) is 0. The van der Waals surface area contributed by atoms with Crippen molar-refractivity contribution in [3.05, 3.63) is 54.4 Å². The number of pyridine rings is 1. The van der Waals surface area contributed by atoms with Gasteiger partial charge in [-0.1, -0.05) is 12.1 Å². The van der Waals surface area contributed by atoms with Crippen molar-refractivity contribution < 1.29 is 9.53 Å². The van der Waals surface area contributed by atoms with E-state index in [1.54, 1.807) is 6.92 Å². The van der Waals surface area contributed by atoms with Crippen LogP contribution in [-0.4, -0.2) is 41.5 Å². The molecule has 1 aliphatic heterocycles. The van der Waals surface area contributed by atoms with E-state index in [1.165, 1.54) is 5.56 Å². The van der Waals surface area contributed by atoms with Crippen LogP contribution in [0.15, 0.2) is 48.8 Å². The molecule has 1 atom stereocenters. The largest absolute Gasteiger partial charge is 0.491 e. The average molecular weight is 339 g/mol. The maximum Gasteiger partial charge on any atom is 0.219 e. The van der Waals surface area contributed by atoms with Crippen molar-refractivity contribution in [3.63, 3.8) is 0 Å². The van der Waals surface area contributed by atoms with Gasteiger partial charge in [-0.2, -0.15) is 0 Å². The number of anilines is 1. The number of aromatic nitrogens is 1. The molecule has 0 radical (unpaired) electrons. The molecule has 0 spiro atoms. The van der Waals surface area contributed by atoms with E-state index in [1.807, 2.05) is 55.4 Å². The van der Waals surface area contributed by atoms with Crippen LogP contribution in [0.1, 0.15) is 32.4 Å². The van der Waals surface area contributed by atoms with Gasteiger partial charge >= 0.3 is 0 Å². The minimum Gasteiger partial charge on any atom is -0.491 e. The van der Waals surface area contributed by atoms with Crippen molar-refractivity contribution in [3.8, 4) is 5.75 Å². The number of ether oxygens (including phenoxy) is 1. The summed E-state index contributed by atoms with van der Waals surface area (Å²) in [6.07, 6.45) is 3.77. The molecule has 1 aromatic heterocycles. The van der Waals surface area contributed by atoms with Gasteiger partial charge in [0.15, 0.2) is 0 Å². The zero-order chi connectivity index (χ0) is 17.8. The summed E-state index contributed by atoms with van der Waals surface area (Å²) < 4.78 is 5.74. The molecule has 3 rings (SSSR count). The topological polar surface area (TPSA) is 45.7 Å². The van der Waals surface area contributed by atoms with Crippen molar-refractivity contribution in [1.82, 2.24) is 9.88 Å². The summed E-state index contributed by atoms with van der Waals surface area (Å²) in [5.41, 5.74) is 2.31. The zero-order valence-electron chi connectivity index (χ0n) is 15.1. The van der Waals surface area contributed by atoms with Crippen molar-refractivity contribution in [2.75, 3.05) is 24.5 Å². The summed E-state index contributed by atoms with van der Waals surface area (Å²) in [6.45, 7) is 7.90. The van der Waals surface area contributed by atoms with Crippen LogP contribution in [0.2, 0.25) is 0 Å². The summed E-state index contributed by atoms with van der Waals surface area (Å²) in [7, 11) is 0. The third kappa shape index (κ3) is 4.10. The van der Waals surface area contributed by atoms with Crippen molar-refractivity contribution >= 4 is 11.6 Å². The van der Waals surface area contributed by atoms with E-state index in [4.69, 9.17) is 4.74 Å². The summed E-state index contributed by atoms with van der Waals surface area (Å²) in [4.78, 5) is 20.2. The summed E-state index contributed by atoms with van der Waals surface area (Å²) in [6, 6.07) is 12.4. The molecule has 1 unspecified atom stereocenters. The Labute approximate surface area is 149 Å². The number of carbonyl (C=O) groups is 1. The molecule has 132 valence electrons. The minimum atomic E-state index is 0.119. The number of hydrogen-bond donors (Lipinski definition) is 0. The first kappa shape index (κ1) is 17.3. The molecular weight excluding hydrogens is 314 g/mol. The first-order chi connectivity index (χ1) is 12.0. The predicted molar refractivity (Wildman–Crippen MR) is 98.8 cm³/mol. The quantitative estimate of drug-likeness (QED) is 0.857. The highest BCUT2D eigenvalue weighted by Crippen LogP contribution is 2.31. The van der Waals surface area contributed by atoms with Gasteiger partial charge in [0.2, 0.25) is 5.91 Å². The van der Waals surface area contributed by atoms with Crippen LogP contribution in [0.25, 0.3) is 0 Å². The van der Waals surface area contributed by atoms with Gasteiger partial charge in [0.05, 0.1) is 12.1 Å². The van der Waals surface area contributed by atoms with Gasteiger partial charge in [-0.05, 0) is 43.7 Å². The number of amides is 1. The Bertz CT molecular complexity index is 701. The van der Waals surface area contributed by atoms with Crippen LogP contribution in [0.3, 0.4) is 0 Å². The fourth-order valence-electron chi connectivity index (χ4n) is 3.24. The number of hydrogen-bond acceptors (Lipinski definition) is 4.